The molecule has 0 aliphatic carbocycles. The molecule has 0 heterocycles. The molecule has 0 amide bonds. The minimum Gasteiger partial charge on any atom is -0.481 e. The van der Waals surface area contributed by atoms with Crippen LogP contribution in [0.15, 0.2) is 17.2 Å². The maximum absolute atomic E-state index is 12.0. The zero-order valence-corrected chi connectivity index (χ0v) is 22.0. The molecule has 0 radical (unpaired) electrons. The predicted molar refractivity (Wildman–Crippen MR) is 134 cm³/mol. The molecule has 0 aliphatic rings. The topological polar surface area (TPSA) is 109 Å². The highest BCUT2D eigenvalue weighted by molar-refractivity contribution is 5.72. The second kappa shape index (κ2) is 13.2. The van der Waals surface area contributed by atoms with E-state index < -0.39 is 11.9 Å². The highest BCUT2D eigenvalue weighted by Crippen LogP contribution is 2.46. The molecule has 0 aromatic heterocycles. The number of ether oxygens (including phenoxy) is 4. The maximum atomic E-state index is 12.0. The number of hydrazone groups is 1. The van der Waals surface area contributed by atoms with Crippen molar-refractivity contribution in [2.45, 2.75) is 79.6 Å². The number of carbonyl (C=O) groups is 2. The van der Waals surface area contributed by atoms with Gasteiger partial charge in [0.25, 0.3) is 0 Å². The molecule has 0 spiro atoms. The van der Waals surface area contributed by atoms with E-state index >= 15 is 0 Å². The summed E-state index contributed by atoms with van der Waals surface area (Å²) in [5, 5.41) is 3.63. The minimum atomic E-state index is -0.454. The molecule has 1 aromatic rings. The van der Waals surface area contributed by atoms with Gasteiger partial charge in [-0.1, -0.05) is 41.5 Å². The molecule has 1 atom stereocenters. The van der Waals surface area contributed by atoms with Gasteiger partial charge in [0.2, 0.25) is 0 Å². The smallest absolute Gasteiger partial charge is 0.344 e. The zero-order valence-electron chi connectivity index (χ0n) is 22.0. The van der Waals surface area contributed by atoms with Gasteiger partial charge >= 0.3 is 11.9 Å². The van der Waals surface area contributed by atoms with Gasteiger partial charge < -0.3 is 24.8 Å². The quantitative estimate of drug-likeness (QED) is 0.200. The number of benzene rings is 1. The van der Waals surface area contributed by atoms with Gasteiger partial charge in [0.05, 0.1) is 13.2 Å². The van der Waals surface area contributed by atoms with Crippen LogP contribution in [-0.4, -0.2) is 44.6 Å². The fourth-order valence-corrected chi connectivity index (χ4v) is 3.73. The summed E-state index contributed by atoms with van der Waals surface area (Å²) in [7, 11) is 0. The summed E-state index contributed by atoms with van der Waals surface area (Å²) in [6.07, 6.45) is 3.17. The van der Waals surface area contributed by atoms with E-state index in [0.717, 1.165) is 17.5 Å². The first-order chi connectivity index (χ1) is 15.8. The van der Waals surface area contributed by atoms with Crippen molar-refractivity contribution >= 4 is 18.2 Å². The van der Waals surface area contributed by atoms with Crippen LogP contribution in [0.5, 0.6) is 11.5 Å². The van der Waals surface area contributed by atoms with Crippen molar-refractivity contribution in [2.75, 3.05) is 26.4 Å². The molecule has 0 fully saturated rings. The molecule has 0 saturated carbocycles. The maximum Gasteiger partial charge on any atom is 0.344 e. The van der Waals surface area contributed by atoms with E-state index in [0.29, 0.717) is 17.9 Å². The summed E-state index contributed by atoms with van der Waals surface area (Å²) in [6, 6.07) is 3.83. The van der Waals surface area contributed by atoms with Crippen LogP contribution in [0.1, 0.15) is 85.3 Å². The summed E-state index contributed by atoms with van der Waals surface area (Å²) >= 11 is 0. The third kappa shape index (κ3) is 9.23. The van der Waals surface area contributed by atoms with Crippen molar-refractivity contribution in [3.05, 3.63) is 23.3 Å². The van der Waals surface area contributed by atoms with Gasteiger partial charge in [-0.2, -0.15) is 5.10 Å². The zero-order chi connectivity index (χ0) is 25.9. The number of hydrogen-bond donors (Lipinski definition) is 1. The average Bonchev–Trinajstić information content (AvgIpc) is 2.72. The lowest BCUT2D eigenvalue weighted by molar-refractivity contribution is -0.146. The Kier molecular flexibility index (Phi) is 11.4. The molecule has 1 unspecified atom stereocenters. The van der Waals surface area contributed by atoms with Crippen molar-refractivity contribution < 1.29 is 28.5 Å². The summed E-state index contributed by atoms with van der Waals surface area (Å²) < 4.78 is 21.9. The van der Waals surface area contributed by atoms with Crippen LogP contribution in [0.3, 0.4) is 0 Å². The van der Waals surface area contributed by atoms with E-state index in [1.54, 1.807) is 26.1 Å². The summed E-state index contributed by atoms with van der Waals surface area (Å²) in [5.74, 6) is 5.52. The molecule has 192 valence electrons. The fraction of sp³-hybridized carbons (Fsp3) is 0.654. The number of hydrogen-bond acceptors (Lipinski definition) is 8. The van der Waals surface area contributed by atoms with Crippen molar-refractivity contribution in [1.29, 1.82) is 0 Å². The third-order valence-corrected chi connectivity index (χ3v) is 5.33. The number of carbonyl (C=O) groups excluding carboxylic acids is 2. The van der Waals surface area contributed by atoms with E-state index in [2.05, 4.69) is 52.7 Å². The molecule has 8 heteroatoms. The normalized spacial score (nSPS) is 12.9. The lowest BCUT2D eigenvalue weighted by atomic mass is 9.72. The van der Waals surface area contributed by atoms with Crippen molar-refractivity contribution in [1.82, 2.24) is 0 Å². The monoisotopic (exact) mass is 478 g/mol. The Morgan fingerprint density at radius 2 is 1.47 bits per heavy atom. The molecule has 0 bridgehead atoms. The highest BCUT2D eigenvalue weighted by Gasteiger charge is 2.32. The second-order valence-corrected chi connectivity index (χ2v) is 10.2. The van der Waals surface area contributed by atoms with Crippen molar-refractivity contribution in [3.8, 4) is 11.5 Å². The number of esters is 2. The Bertz CT molecular complexity index is 837. The van der Waals surface area contributed by atoms with Crippen molar-refractivity contribution in [3.63, 3.8) is 0 Å². The minimum absolute atomic E-state index is 0.0721. The fourth-order valence-electron chi connectivity index (χ4n) is 3.73. The van der Waals surface area contributed by atoms with E-state index in [-0.39, 0.29) is 43.2 Å². The van der Waals surface area contributed by atoms with E-state index in [4.69, 9.17) is 24.8 Å². The van der Waals surface area contributed by atoms with E-state index in [1.807, 2.05) is 0 Å². The molecular weight excluding hydrogens is 436 g/mol. The molecular formula is C26H42N2O6. The predicted octanol–water partition coefficient (Wildman–Crippen LogP) is 4.72. The molecule has 8 nitrogen and oxygen atoms in total. The third-order valence-electron chi connectivity index (χ3n) is 5.33. The first-order valence-corrected chi connectivity index (χ1v) is 11.8. The van der Waals surface area contributed by atoms with Crippen LogP contribution >= 0.6 is 0 Å². The second-order valence-electron chi connectivity index (χ2n) is 10.2. The van der Waals surface area contributed by atoms with Crippen LogP contribution in [0, 0.1) is 5.41 Å². The van der Waals surface area contributed by atoms with Gasteiger partial charge in [0.1, 0.15) is 11.5 Å². The van der Waals surface area contributed by atoms with Gasteiger partial charge in [0, 0.05) is 17.8 Å². The number of nitrogens with two attached hydrogens (primary N) is 1. The number of rotatable bonds is 12. The van der Waals surface area contributed by atoms with Crippen molar-refractivity contribution in [2.24, 2.45) is 16.4 Å². The van der Waals surface area contributed by atoms with Crippen LogP contribution in [0.25, 0.3) is 0 Å². The van der Waals surface area contributed by atoms with Gasteiger partial charge in [-0.25, -0.2) is 9.59 Å². The Labute approximate surface area is 204 Å². The summed E-state index contributed by atoms with van der Waals surface area (Å²) in [4.78, 5) is 24.0. The van der Waals surface area contributed by atoms with Crippen LogP contribution < -0.4 is 15.3 Å². The molecule has 1 aromatic carbocycles. The lowest BCUT2D eigenvalue weighted by Crippen LogP contribution is -2.23. The first-order valence-electron chi connectivity index (χ1n) is 11.8. The summed E-state index contributed by atoms with van der Waals surface area (Å²) in [6.45, 7) is 16.3. The molecule has 0 aliphatic heterocycles. The van der Waals surface area contributed by atoms with E-state index in [1.165, 1.54) is 0 Å². The van der Waals surface area contributed by atoms with Crippen LogP contribution in [0.2, 0.25) is 0 Å². The Morgan fingerprint density at radius 1 is 0.941 bits per heavy atom. The Hall–Kier alpha value is -2.77. The largest absolute Gasteiger partial charge is 0.481 e. The number of nitrogens with zero attached hydrogens (tertiary/aromatic N) is 1. The molecule has 0 saturated heterocycles. The summed E-state index contributed by atoms with van der Waals surface area (Å²) in [5.41, 5.74) is 1.49. The van der Waals surface area contributed by atoms with E-state index in [9.17, 15) is 9.59 Å². The van der Waals surface area contributed by atoms with Gasteiger partial charge in [0.15, 0.2) is 13.2 Å². The Balaban J connectivity index is 3.59. The van der Waals surface area contributed by atoms with Gasteiger partial charge in [-0.05, 0) is 55.1 Å². The standard InChI is InChI=1S/C26H42N2O6/c1-9-31-23(29)16-33-21-15-22(34-17-24(30)32-10-2)20(26(6,7)8)14-18(21)19(25(3,4)5)12-11-13-28-27/h13-15,19H,9-12,16-17,27H2,1-8H3/b28-13+. The highest BCUT2D eigenvalue weighted by atomic mass is 16.6. The van der Waals surface area contributed by atoms with Gasteiger partial charge in [-0.15, -0.1) is 0 Å². The average molecular weight is 479 g/mol. The lowest BCUT2D eigenvalue weighted by Gasteiger charge is -2.34. The molecule has 1 rings (SSSR count). The SMILES string of the molecule is CCOC(=O)COc1cc(OCC(=O)OCC)c(C(C)(C)C)cc1C(CC/C=N/N)C(C)(C)C. The first kappa shape index (κ1) is 29.3. The van der Waals surface area contributed by atoms with Crippen LogP contribution in [0.4, 0.5) is 0 Å². The van der Waals surface area contributed by atoms with Gasteiger partial charge in [-0.3, -0.25) is 0 Å². The Morgan fingerprint density at radius 3 is 1.91 bits per heavy atom. The molecule has 34 heavy (non-hydrogen) atoms. The molecule has 2 N–H and O–H groups in total. The van der Waals surface area contributed by atoms with Crippen LogP contribution in [-0.2, 0) is 24.5 Å².